The van der Waals surface area contributed by atoms with Gasteiger partial charge >= 0.3 is 0 Å². The number of hydrogen-bond acceptors (Lipinski definition) is 3. The van der Waals surface area contributed by atoms with Crippen molar-refractivity contribution in [2.24, 2.45) is 0 Å². The number of methoxy groups -OCH3 is 1. The Morgan fingerprint density at radius 1 is 1.36 bits per heavy atom. The summed E-state index contributed by atoms with van der Waals surface area (Å²) in [6, 6.07) is 9.42. The van der Waals surface area contributed by atoms with Crippen molar-refractivity contribution in [2.75, 3.05) is 14.2 Å². The number of amides is 1. The highest BCUT2D eigenvalue weighted by atomic mass is 16.5. The summed E-state index contributed by atoms with van der Waals surface area (Å²) in [4.78, 5) is 13.9. The molecule has 0 bridgehead atoms. The van der Waals surface area contributed by atoms with Gasteiger partial charge in [-0.2, -0.15) is 0 Å². The molecule has 0 saturated heterocycles. The maximum Gasteiger partial charge on any atom is 0.246 e. The van der Waals surface area contributed by atoms with Gasteiger partial charge in [0.15, 0.2) is 0 Å². The van der Waals surface area contributed by atoms with E-state index in [1.165, 1.54) is 0 Å². The summed E-state index contributed by atoms with van der Waals surface area (Å²) in [5.74, 6) is 1.42. The maximum atomic E-state index is 12.3. The van der Waals surface area contributed by atoms with Crippen LogP contribution in [0.5, 0.6) is 5.75 Å². The average Bonchev–Trinajstić information content (AvgIpc) is 3.05. The van der Waals surface area contributed by atoms with E-state index in [2.05, 4.69) is 0 Å². The first-order valence-electron chi connectivity index (χ1n) is 7.16. The normalized spacial score (nSPS) is 12.4. The first-order chi connectivity index (χ1) is 10.5. The van der Waals surface area contributed by atoms with E-state index >= 15 is 0 Å². The molecule has 4 nitrogen and oxygen atoms in total. The molecule has 0 aliphatic heterocycles. The van der Waals surface area contributed by atoms with Gasteiger partial charge in [-0.15, -0.1) is 0 Å². The first kappa shape index (κ1) is 15.9. The topological polar surface area (TPSA) is 42.7 Å². The van der Waals surface area contributed by atoms with Gasteiger partial charge in [-0.1, -0.05) is 11.6 Å². The minimum atomic E-state index is -0.119. The fourth-order valence-electron chi connectivity index (χ4n) is 2.17. The van der Waals surface area contributed by atoms with Crippen LogP contribution in [0.25, 0.3) is 6.08 Å². The number of nitrogens with zero attached hydrogens (tertiary/aromatic N) is 1. The van der Waals surface area contributed by atoms with Crippen molar-refractivity contribution < 1.29 is 13.9 Å². The number of aryl methyl sites for hydroxylation is 1. The van der Waals surface area contributed by atoms with Crippen molar-refractivity contribution >= 4 is 12.0 Å². The Morgan fingerprint density at radius 2 is 2.14 bits per heavy atom. The number of ether oxygens (including phenoxy) is 1. The summed E-state index contributed by atoms with van der Waals surface area (Å²) >= 11 is 0. The Kier molecular flexibility index (Phi) is 5.04. The third kappa shape index (κ3) is 3.58. The van der Waals surface area contributed by atoms with Gasteiger partial charge in [0.25, 0.3) is 0 Å². The number of furan rings is 1. The van der Waals surface area contributed by atoms with Crippen LogP contribution >= 0.6 is 0 Å². The Bertz CT molecular complexity index is 659. The summed E-state index contributed by atoms with van der Waals surface area (Å²) in [6.07, 6.45) is 4.94. The molecule has 1 aromatic heterocycles. The van der Waals surface area contributed by atoms with Crippen LogP contribution in [0.2, 0.25) is 0 Å². The van der Waals surface area contributed by atoms with Crippen molar-refractivity contribution in [3.05, 3.63) is 59.6 Å². The third-order valence-electron chi connectivity index (χ3n) is 3.67. The summed E-state index contributed by atoms with van der Waals surface area (Å²) in [5, 5.41) is 0. The number of hydrogen-bond donors (Lipinski definition) is 0. The average molecular weight is 299 g/mol. The second-order valence-corrected chi connectivity index (χ2v) is 5.22. The van der Waals surface area contributed by atoms with Crippen molar-refractivity contribution in [2.45, 2.75) is 19.9 Å². The van der Waals surface area contributed by atoms with Crippen LogP contribution in [0.3, 0.4) is 0 Å². The Morgan fingerprint density at radius 3 is 2.77 bits per heavy atom. The maximum absolute atomic E-state index is 12.3. The minimum absolute atomic E-state index is 0.0903. The van der Waals surface area contributed by atoms with Gasteiger partial charge in [-0.25, -0.2) is 0 Å². The van der Waals surface area contributed by atoms with Crippen LogP contribution in [0, 0.1) is 6.92 Å². The molecular formula is C18H21NO3. The Balaban J connectivity index is 2.12. The first-order valence-corrected chi connectivity index (χ1v) is 7.16. The van der Waals surface area contributed by atoms with E-state index in [1.807, 2.05) is 44.2 Å². The zero-order chi connectivity index (χ0) is 16.1. The molecule has 0 aliphatic carbocycles. The van der Waals surface area contributed by atoms with Crippen molar-refractivity contribution in [3.8, 4) is 5.75 Å². The molecule has 4 heteroatoms. The second-order valence-electron chi connectivity index (χ2n) is 5.22. The lowest BCUT2D eigenvalue weighted by Gasteiger charge is -2.21. The highest BCUT2D eigenvalue weighted by Crippen LogP contribution is 2.22. The van der Waals surface area contributed by atoms with E-state index in [0.29, 0.717) is 0 Å². The molecular weight excluding hydrogens is 278 g/mol. The van der Waals surface area contributed by atoms with E-state index in [1.54, 1.807) is 37.5 Å². The molecule has 0 aliphatic rings. The van der Waals surface area contributed by atoms with E-state index in [0.717, 1.165) is 22.6 Å². The lowest BCUT2D eigenvalue weighted by molar-refractivity contribution is -0.126. The molecule has 1 unspecified atom stereocenters. The SMILES string of the molecule is COc1ccc(C)cc1/C=C/C(=O)N(C)C(C)c1ccco1. The molecule has 1 amide bonds. The van der Waals surface area contributed by atoms with Crippen LogP contribution in [0.1, 0.15) is 29.9 Å². The number of likely N-dealkylation sites (N-methyl/N-ethyl adjacent to an activating group) is 1. The predicted molar refractivity (Wildman–Crippen MR) is 86.7 cm³/mol. The monoisotopic (exact) mass is 299 g/mol. The quantitative estimate of drug-likeness (QED) is 0.788. The molecule has 0 saturated carbocycles. The molecule has 0 spiro atoms. The molecule has 2 rings (SSSR count). The molecule has 0 N–H and O–H groups in total. The van der Waals surface area contributed by atoms with Gasteiger partial charge in [-0.05, 0) is 44.2 Å². The minimum Gasteiger partial charge on any atom is -0.496 e. The molecule has 1 aromatic carbocycles. The molecule has 1 atom stereocenters. The van der Waals surface area contributed by atoms with Gasteiger partial charge in [0.05, 0.1) is 19.4 Å². The number of carbonyl (C=O) groups is 1. The van der Waals surface area contributed by atoms with Crippen LogP contribution in [-0.2, 0) is 4.79 Å². The molecule has 0 fully saturated rings. The zero-order valence-corrected chi connectivity index (χ0v) is 13.4. The molecule has 1 heterocycles. The molecule has 0 radical (unpaired) electrons. The zero-order valence-electron chi connectivity index (χ0n) is 13.4. The molecule has 116 valence electrons. The number of carbonyl (C=O) groups excluding carboxylic acids is 1. The van der Waals surface area contributed by atoms with E-state index in [-0.39, 0.29) is 11.9 Å². The van der Waals surface area contributed by atoms with Gasteiger partial charge in [0.2, 0.25) is 5.91 Å². The smallest absolute Gasteiger partial charge is 0.246 e. The fourth-order valence-corrected chi connectivity index (χ4v) is 2.17. The summed E-state index contributed by atoms with van der Waals surface area (Å²) in [6.45, 7) is 3.93. The van der Waals surface area contributed by atoms with Crippen LogP contribution in [-0.4, -0.2) is 25.0 Å². The Labute approximate surface area is 131 Å². The Hall–Kier alpha value is -2.49. The van der Waals surface area contributed by atoms with Gasteiger partial charge in [0.1, 0.15) is 11.5 Å². The molecule has 22 heavy (non-hydrogen) atoms. The summed E-state index contributed by atoms with van der Waals surface area (Å²) in [7, 11) is 3.38. The largest absolute Gasteiger partial charge is 0.496 e. The predicted octanol–water partition coefficient (Wildman–Crippen LogP) is 3.83. The highest BCUT2D eigenvalue weighted by Gasteiger charge is 2.17. The lowest BCUT2D eigenvalue weighted by atomic mass is 10.1. The summed E-state index contributed by atoms with van der Waals surface area (Å²) < 4.78 is 10.7. The highest BCUT2D eigenvalue weighted by molar-refractivity contribution is 5.92. The van der Waals surface area contributed by atoms with Crippen LogP contribution in [0.4, 0.5) is 0 Å². The standard InChI is InChI=1S/C18H21NO3/c1-13-7-9-17(21-4)15(12-13)8-10-18(20)19(3)14(2)16-6-5-11-22-16/h5-12,14H,1-4H3/b10-8+. The van der Waals surface area contributed by atoms with Crippen LogP contribution in [0.15, 0.2) is 47.1 Å². The summed E-state index contributed by atoms with van der Waals surface area (Å²) in [5.41, 5.74) is 2.00. The number of benzene rings is 1. The lowest BCUT2D eigenvalue weighted by Crippen LogP contribution is -2.27. The van der Waals surface area contributed by atoms with Gasteiger partial charge in [0, 0.05) is 18.7 Å². The molecule has 2 aromatic rings. The number of rotatable bonds is 5. The van der Waals surface area contributed by atoms with E-state index in [9.17, 15) is 4.79 Å². The second kappa shape index (κ2) is 6.98. The fraction of sp³-hybridized carbons (Fsp3) is 0.278. The van der Waals surface area contributed by atoms with Crippen molar-refractivity contribution in [3.63, 3.8) is 0 Å². The van der Waals surface area contributed by atoms with Crippen LogP contribution < -0.4 is 4.74 Å². The van der Waals surface area contributed by atoms with Gasteiger partial charge < -0.3 is 14.1 Å². The third-order valence-corrected chi connectivity index (χ3v) is 3.67. The van der Waals surface area contributed by atoms with Crippen molar-refractivity contribution in [1.29, 1.82) is 0 Å². The van der Waals surface area contributed by atoms with E-state index in [4.69, 9.17) is 9.15 Å². The van der Waals surface area contributed by atoms with E-state index < -0.39 is 0 Å². The van der Waals surface area contributed by atoms with Gasteiger partial charge in [-0.3, -0.25) is 4.79 Å². The van der Waals surface area contributed by atoms with Crippen molar-refractivity contribution in [1.82, 2.24) is 4.90 Å².